The van der Waals surface area contributed by atoms with Crippen molar-refractivity contribution in [2.24, 2.45) is 0 Å². The molecule has 0 saturated heterocycles. The lowest BCUT2D eigenvalue weighted by molar-refractivity contribution is 0.102. The van der Waals surface area contributed by atoms with E-state index in [1.807, 2.05) is 31.2 Å². The molecule has 0 fully saturated rings. The van der Waals surface area contributed by atoms with Gasteiger partial charge in [-0.3, -0.25) is 4.79 Å². The Morgan fingerprint density at radius 3 is 2.52 bits per heavy atom. The van der Waals surface area contributed by atoms with Crippen LogP contribution < -0.4 is 14.8 Å². The first-order valence-electron chi connectivity index (χ1n) is 10.7. The zero-order valence-electron chi connectivity index (χ0n) is 18.6. The SMILES string of the molecule is Cc1ccccc1CN(C)S(=O)(=O)c1cccc(C(=O)Nc2ccc3c(c2)OCCCO3)c1. The van der Waals surface area contributed by atoms with E-state index >= 15 is 0 Å². The number of anilines is 1. The molecule has 3 aromatic rings. The summed E-state index contributed by atoms with van der Waals surface area (Å²) in [7, 11) is -2.25. The molecule has 33 heavy (non-hydrogen) atoms. The van der Waals surface area contributed by atoms with Crippen LogP contribution in [0.25, 0.3) is 0 Å². The van der Waals surface area contributed by atoms with Crippen LogP contribution in [-0.4, -0.2) is 38.9 Å². The Bertz CT molecular complexity index is 1270. The molecule has 1 amide bonds. The molecule has 1 aliphatic rings. The van der Waals surface area contributed by atoms with E-state index in [1.165, 1.54) is 23.5 Å². The number of hydrogen-bond acceptors (Lipinski definition) is 5. The molecule has 8 heteroatoms. The number of fused-ring (bicyclic) bond motifs is 1. The van der Waals surface area contributed by atoms with Crippen molar-refractivity contribution in [3.8, 4) is 11.5 Å². The average molecular weight is 467 g/mol. The standard InChI is InChI=1S/C25H26N2O5S/c1-18-7-3-4-8-20(18)17-27(2)33(29,30)22-10-5-9-19(15-22)25(28)26-21-11-12-23-24(16-21)32-14-6-13-31-23/h3-5,7-12,15-16H,6,13-14,17H2,1-2H3,(H,26,28). The largest absolute Gasteiger partial charge is 0.490 e. The third-order valence-electron chi connectivity index (χ3n) is 5.46. The minimum absolute atomic E-state index is 0.0601. The van der Waals surface area contributed by atoms with Crippen molar-refractivity contribution in [3.05, 3.63) is 83.4 Å². The van der Waals surface area contributed by atoms with Crippen LogP contribution in [0.15, 0.2) is 71.6 Å². The zero-order chi connectivity index (χ0) is 23.4. The number of aryl methyl sites for hydroxylation is 1. The molecule has 0 unspecified atom stereocenters. The predicted molar refractivity (Wildman–Crippen MR) is 126 cm³/mol. The van der Waals surface area contributed by atoms with Gasteiger partial charge < -0.3 is 14.8 Å². The molecule has 0 radical (unpaired) electrons. The monoisotopic (exact) mass is 466 g/mol. The number of nitrogens with one attached hydrogen (secondary N) is 1. The molecule has 0 spiro atoms. The minimum Gasteiger partial charge on any atom is -0.490 e. The molecule has 0 bridgehead atoms. The van der Waals surface area contributed by atoms with Crippen LogP contribution in [0.1, 0.15) is 27.9 Å². The maximum absolute atomic E-state index is 13.1. The lowest BCUT2D eigenvalue weighted by Crippen LogP contribution is -2.27. The van der Waals surface area contributed by atoms with Gasteiger partial charge in [0.25, 0.3) is 5.91 Å². The second-order valence-electron chi connectivity index (χ2n) is 7.88. The number of carbonyl (C=O) groups excluding carboxylic acids is 1. The first-order chi connectivity index (χ1) is 15.8. The Labute approximate surface area is 194 Å². The molecule has 7 nitrogen and oxygen atoms in total. The Kier molecular flexibility index (Phi) is 6.67. The molecule has 0 aromatic heterocycles. The highest BCUT2D eigenvalue weighted by Gasteiger charge is 2.23. The highest BCUT2D eigenvalue weighted by atomic mass is 32.2. The van der Waals surface area contributed by atoms with Gasteiger partial charge in [0.1, 0.15) is 0 Å². The fourth-order valence-electron chi connectivity index (χ4n) is 3.53. The second kappa shape index (κ2) is 9.64. The number of amides is 1. The molecule has 0 aliphatic carbocycles. The molecule has 0 atom stereocenters. The molecule has 172 valence electrons. The van der Waals surface area contributed by atoms with Crippen molar-refractivity contribution in [3.63, 3.8) is 0 Å². The summed E-state index contributed by atoms with van der Waals surface area (Å²) >= 11 is 0. The average Bonchev–Trinajstić information content (AvgIpc) is 3.05. The van der Waals surface area contributed by atoms with Gasteiger partial charge in [-0.25, -0.2) is 8.42 Å². The quantitative estimate of drug-likeness (QED) is 0.588. The Morgan fingerprint density at radius 1 is 0.970 bits per heavy atom. The van der Waals surface area contributed by atoms with Gasteiger partial charge >= 0.3 is 0 Å². The summed E-state index contributed by atoms with van der Waals surface area (Å²) in [6.45, 7) is 3.31. The molecule has 1 aliphatic heterocycles. The number of ether oxygens (including phenoxy) is 2. The summed E-state index contributed by atoms with van der Waals surface area (Å²) in [5.41, 5.74) is 2.72. The van der Waals surface area contributed by atoms with Crippen molar-refractivity contribution in [2.45, 2.75) is 24.8 Å². The van der Waals surface area contributed by atoms with Gasteiger partial charge in [-0.1, -0.05) is 30.3 Å². The lowest BCUT2D eigenvalue weighted by Gasteiger charge is -2.19. The third-order valence-corrected chi connectivity index (χ3v) is 7.26. The number of sulfonamides is 1. The van der Waals surface area contributed by atoms with E-state index in [1.54, 1.807) is 30.3 Å². The zero-order valence-corrected chi connectivity index (χ0v) is 19.4. The van der Waals surface area contributed by atoms with Gasteiger partial charge in [-0.2, -0.15) is 4.31 Å². The number of hydrogen-bond donors (Lipinski definition) is 1. The van der Waals surface area contributed by atoms with Crippen LogP contribution in [0, 0.1) is 6.92 Å². The Hall–Kier alpha value is -3.36. The molecule has 1 N–H and O–H groups in total. The Morgan fingerprint density at radius 2 is 1.73 bits per heavy atom. The van der Waals surface area contributed by atoms with Crippen molar-refractivity contribution in [1.82, 2.24) is 4.31 Å². The lowest BCUT2D eigenvalue weighted by atomic mass is 10.1. The van der Waals surface area contributed by atoms with E-state index in [0.717, 1.165) is 17.5 Å². The number of carbonyl (C=O) groups is 1. The molecule has 1 heterocycles. The van der Waals surface area contributed by atoms with E-state index in [2.05, 4.69) is 5.32 Å². The maximum Gasteiger partial charge on any atom is 0.255 e. The highest BCUT2D eigenvalue weighted by Crippen LogP contribution is 2.32. The Balaban J connectivity index is 1.51. The van der Waals surface area contributed by atoms with Crippen molar-refractivity contribution in [2.75, 3.05) is 25.6 Å². The maximum atomic E-state index is 13.1. The van der Waals surface area contributed by atoms with Gasteiger partial charge in [-0.15, -0.1) is 0 Å². The summed E-state index contributed by atoms with van der Waals surface area (Å²) in [4.78, 5) is 12.9. The molecule has 0 saturated carbocycles. The van der Waals surface area contributed by atoms with Crippen molar-refractivity contribution >= 4 is 21.6 Å². The van der Waals surface area contributed by atoms with Gasteiger partial charge in [-0.05, 0) is 48.4 Å². The summed E-state index contributed by atoms with van der Waals surface area (Å²) in [6.07, 6.45) is 0.788. The van der Waals surface area contributed by atoms with E-state index in [0.29, 0.717) is 30.4 Å². The van der Waals surface area contributed by atoms with E-state index < -0.39 is 15.9 Å². The number of nitrogens with zero attached hydrogens (tertiary/aromatic N) is 1. The number of rotatable bonds is 6. The fourth-order valence-corrected chi connectivity index (χ4v) is 4.73. The van der Waals surface area contributed by atoms with Gasteiger partial charge in [0.05, 0.1) is 18.1 Å². The topological polar surface area (TPSA) is 84.9 Å². The summed E-state index contributed by atoms with van der Waals surface area (Å²) < 4.78 is 38.8. The molecular weight excluding hydrogens is 440 g/mol. The van der Waals surface area contributed by atoms with Crippen LogP contribution in [0.3, 0.4) is 0 Å². The summed E-state index contributed by atoms with van der Waals surface area (Å²) in [5, 5.41) is 2.80. The summed E-state index contributed by atoms with van der Waals surface area (Å²) in [6, 6.07) is 18.9. The molecular formula is C25H26N2O5S. The predicted octanol–water partition coefficient (Wildman–Crippen LogP) is 4.23. The van der Waals surface area contributed by atoms with E-state index in [9.17, 15) is 13.2 Å². The van der Waals surface area contributed by atoms with Crippen LogP contribution in [0.2, 0.25) is 0 Å². The highest BCUT2D eigenvalue weighted by molar-refractivity contribution is 7.89. The van der Waals surface area contributed by atoms with Crippen LogP contribution in [0.5, 0.6) is 11.5 Å². The smallest absolute Gasteiger partial charge is 0.255 e. The van der Waals surface area contributed by atoms with Crippen molar-refractivity contribution < 1.29 is 22.7 Å². The van der Waals surface area contributed by atoms with Crippen LogP contribution in [-0.2, 0) is 16.6 Å². The van der Waals surface area contributed by atoms with E-state index in [4.69, 9.17) is 9.47 Å². The third kappa shape index (κ3) is 5.18. The molecule has 3 aromatic carbocycles. The van der Waals surface area contributed by atoms with Gasteiger partial charge in [0.15, 0.2) is 11.5 Å². The number of benzene rings is 3. The molecule has 4 rings (SSSR count). The minimum atomic E-state index is -3.78. The van der Waals surface area contributed by atoms with Crippen LogP contribution >= 0.6 is 0 Å². The van der Waals surface area contributed by atoms with Crippen molar-refractivity contribution in [1.29, 1.82) is 0 Å². The first-order valence-corrected chi connectivity index (χ1v) is 12.1. The van der Waals surface area contributed by atoms with Crippen LogP contribution in [0.4, 0.5) is 5.69 Å². The second-order valence-corrected chi connectivity index (χ2v) is 9.93. The van der Waals surface area contributed by atoms with Gasteiger partial charge in [0.2, 0.25) is 10.0 Å². The van der Waals surface area contributed by atoms with E-state index in [-0.39, 0.29) is 17.0 Å². The fraction of sp³-hybridized carbons (Fsp3) is 0.240. The first kappa shape index (κ1) is 22.8. The summed E-state index contributed by atoms with van der Waals surface area (Å²) in [5.74, 6) is 0.790. The van der Waals surface area contributed by atoms with Gasteiger partial charge in [0, 0.05) is 37.3 Å². The normalized spacial score (nSPS) is 13.4.